The summed E-state index contributed by atoms with van der Waals surface area (Å²) >= 11 is 0. The lowest BCUT2D eigenvalue weighted by molar-refractivity contribution is 0.212. The number of hydrogen-bond donors (Lipinski definition) is 0. The summed E-state index contributed by atoms with van der Waals surface area (Å²) in [4.78, 5) is 9.49. The minimum absolute atomic E-state index is 0.154. The van der Waals surface area contributed by atoms with Gasteiger partial charge in [-0.25, -0.2) is 4.39 Å². The molecular weight excluding hydrogens is 385 g/mol. The number of rotatable bonds is 6. The second-order valence-corrected chi connectivity index (χ2v) is 8.89. The number of aromatic nitrogens is 1. The van der Waals surface area contributed by atoms with Crippen LogP contribution in [0.4, 0.5) is 10.1 Å². The van der Waals surface area contributed by atoms with Crippen molar-refractivity contribution in [2.24, 2.45) is 0 Å². The minimum Gasteiger partial charge on any atom is -0.368 e. The van der Waals surface area contributed by atoms with Crippen LogP contribution in [0.5, 0.6) is 0 Å². The maximum absolute atomic E-state index is 13.1. The Morgan fingerprint density at radius 1 is 0.903 bits per heavy atom. The van der Waals surface area contributed by atoms with Crippen molar-refractivity contribution in [3.63, 3.8) is 0 Å². The molecule has 0 bridgehead atoms. The van der Waals surface area contributed by atoms with E-state index in [4.69, 9.17) is 0 Å². The Hall–Kier alpha value is -2.72. The van der Waals surface area contributed by atoms with Gasteiger partial charge in [-0.05, 0) is 78.6 Å². The molecule has 0 spiro atoms. The van der Waals surface area contributed by atoms with Gasteiger partial charge >= 0.3 is 0 Å². The molecule has 0 aliphatic carbocycles. The van der Waals surface area contributed by atoms with Crippen LogP contribution in [0.25, 0.3) is 0 Å². The van der Waals surface area contributed by atoms with Gasteiger partial charge in [0.25, 0.3) is 0 Å². The third-order valence-electron chi connectivity index (χ3n) is 6.84. The fraction of sp³-hybridized carbons (Fsp3) is 0.370. The average molecular weight is 416 g/mol. The molecule has 5 rings (SSSR count). The van der Waals surface area contributed by atoms with Gasteiger partial charge in [-0.1, -0.05) is 30.3 Å². The summed E-state index contributed by atoms with van der Waals surface area (Å²) in [7, 11) is 0. The Bertz CT molecular complexity index is 995. The van der Waals surface area contributed by atoms with Gasteiger partial charge in [0.05, 0.1) is 0 Å². The van der Waals surface area contributed by atoms with Crippen molar-refractivity contribution in [2.45, 2.75) is 38.1 Å². The molecule has 160 valence electrons. The normalized spacial score (nSPS) is 17.1. The molecule has 0 saturated carbocycles. The lowest BCUT2D eigenvalue weighted by atomic mass is 10.0. The van der Waals surface area contributed by atoms with Crippen molar-refractivity contribution in [2.75, 3.05) is 31.1 Å². The summed E-state index contributed by atoms with van der Waals surface area (Å²) in [6.45, 7) is 4.50. The quantitative estimate of drug-likeness (QED) is 0.572. The molecule has 2 aliphatic rings. The molecule has 1 saturated heterocycles. The molecule has 3 aromatic rings. The Labute approximate surface area is 184 Å². The van der Waals surface area contributed by atoms with Crippen molar-refractivity contribution in [1.82, 2.24) is 9.88 Å². The Kier molecular flexibility index (Phi) is 5.99. The molecule has 3 heterocycles. The SMILES string of the molecule is Fc1ccc(CCN2CCC(N3CCc4ccc(Cc5cccnc5)cc43)CC2)cc1. The molecule has 4 heteroatoms. The summed E-state index contributed by atoms with van der Waals surface area (Å²) in [6.07, 6.45) is 9.33. The highest BCUT2D eigenvalue weighted by Gasteiger charge is 2.29. The van der Waals surface area contributed by atoms with E-state index in [1.165, 1.54) is 40.8 Å². The first-order chi connectivity index (χ1) is 15.2. The highest BCUT2D eigenvalue weighted by atomic mass is 19.1. The van der Waals surface area contributed by atoms with Crippen LogP contribution in [0, 0.1) is 5.82 Å². The van der Waals surface area contributed by atoms with E-state index < -0.39 is 0 Å². The predicted molar refractivity (Wildman–Crippen MR) is 124 cm³/mol. The predicted octanol–water partition coefficient (Wildman–Crippen LogP) is 4.88. The largest absolute Gasteiger partial charge is 0.368 e. The van der Waals surface area contributed by atoms with E-state index in [2.05, 4.69) is 39.0 Å². The molecule has 0 radical (unpaired) electrons. The smallest absolute Gasteiger partial charge is 0.123 e. The van der Waals surface area contributed by atoms with Crippen LogP contribution < -0.4 is 4.90 Å². The number of hydrogen-bond acceptors (Lipinski definition) is 3. The van der Waals surface area contributed by atoms with E-state index in [-0.39, 0.29) is 5.82 Å². The highest BCUT2D eigenvalue weighted by molar-refractivity contribution is 5.60. The van der Waals surface area contributed by atoms with Crippen LogP contribution in [-0.4, -0.2) is 42.1 Å². The number of halogens is 1. The highest BCUT2D eigenvalue weighted by Crippen LogP contribution is 2.34. The molecule has 0 N–H and O–H groups in total. The molecule has 0 unspecified atom stereocenters. The van der Waals surface area contributed by atoms with E-state index in [1.807, 2.05) is 30.6 Å². The molecule has 31 heavy (non-hydrogen) atoms. The molecule has 2 aromatic carbocycles. The number of piperidine rings is 1. The van der Waals surface area contributed by atoms with Crippen molar-refractivity contribution in [1.29, 1.82) is 0 Å². The van der Waals surface area contributed by atoms with Crippen LogP contribution in [0.1, 0.15) is 35.1 Å². The lowest BCUT2D eigenvalue weighted by Crippen LogP contribution is -2.45. The number of pyridine rings is 1. The zero-order valence-corrected chi connectivity index (χ0v) is 18.0. The van der Waals surface area contributed by atoms with E-state index in [0.29, 0.717) is 6.04 Å². The van der Waals surface area contributed by atoms with Gasteiger partial charge in [0.2, 0.25) is 0 Å². The minimum atomic E-state index is -0.154. The zero-order valence-electron chi connectivity index (χ0n) is 18.0. The van der Waals surface area contributed by atoms with Crippen LogP contribution in [0.2, 0.25) is 0 Å². The molecule has 2 aliphatic heterocycles. The van der Waals surface area contributed by atoms with Crippen LogP contribution >= 0.6 is 0 Å². The van der Waals surface area contributed by atoms with E-state index >= 15 is 0 Å². The summed E-state index contributed by atoms with van der Waals surface area (Å²) < 4.78 is 13.1. The summed E-state index contributed by atoms with van der Waals surface area (Å²) in [5.74, 6) is -0.154. The van der Waals surface area contributed by atoms with Gasteiger partial charge in [-0.3, -0.25) is 4.98 Å². The first-order valence-electron chi connectivity index (χ1n) is 11.5. The topological polar surface area (TPSA) is 19.4 Å². The fourth-order valence-electron chi connectivity index (χ4n) is 5.07. The number of likely N-dealkylation sites (tertiary alicyclic amines) is 1. The number of benzene rings is 2. The maximum atomic E-state index is 13.1. The maximum Gasteiger partial charge on any atom is 0.123 e. The average Bonchev–Trinajstić information content (AvgIpc) is 3.23. The molecule has 0 amide bonds. The van der Waals surface area contributed by atoms with Gasteiger partial charge in [-0.2, -0.15) is 0 Å². The third kappa shape index (κ3) is 4.80. The first-order valence-corrected chi connectivity index (χ1v) is 11.5. The summed E-state index contributed by atoms with van der Waals surface area (Å²) in [5.41, 5.74) is 6.80. The van der Waals surface area contributed by atoms with Gasteiger partial charge in [0.15, 0.2) is 0 Å². The molecular formula is C27H30FN3. The molecule has 0 atom stereocenters. The molecule has 1 aromatic heterocycles. The Morgan fingerprint density at radius 2 is 1.71 bits per heavy atom. The molecule has 3 nitrogen and oxygen atoms in total. The fourth-order valence-corrected chi connectivity index (χ4v) is 5.07. The first kappa shape index (κ1) is 20.2. The van der Waals surface area contributed by atoms with Gasteiger partial charge in [0, 0.05) is 50.3 Å². The third-order valence-corrected chi connectivity index (χ3v) is 6.84. The number of nitrogens with zero attached hydrogens (tertiary/aromatic N) is 3. The van der Waals surface area contributed by atoms with Crippen molar-refractivity contribution in [3.05, 3.63) is 95.1 Å². The van der Waals surface area contributed by atoms with E-state index in [0.717, 1.165) is 45.4 Å². The number of anilines is 1. The monoisotopic (exact) mass is 415 g/mol. The van der Waals surface area contributed by atoms with E-state index in [9.17, 15) is 4.39 Å². The zero-order chi connectivity index (χ0) is 21.0. The summed E-state index contributed by atoms with van der Waals surface area (Å²) in [6, 6.07) is 18.8. The Morgan fingerprint density at radius 3 is 2.48 bits per heavy atom. The van der Waals surface area contributed by atoms with Crippen molar-refractivity contribution >= 4 is 5.69 Å². The standard InChI is InChI=1S/C27H30FN3/c28-25-7-4-21(5-8-25)9-14-30-15-11-26(12-16-30)31-17-10-24-6-3-22(19-27(24)31)18-23-2-1-13-29-20-23/h1-8,13,19-20,26H,9-12,14-18H2. The lowest BCUT2D eigenvalue weighted by Gasteiger charge is -2.38. The van der Waals surface area contributed by atoms with Crippen molar-refractivity contribution in [3.8, 4) is 0 Å². The van der Waals surface area contributed by atoms with Crippen LogP contribution in [0.15, 0.2) is 67.0 Å². The number of fused-ring (bicyclic) bond motifs is 1. The van der Waals surface area contributed by atoms with Gasteiger partial charge < -0.3 is 9.80 Å². The van der Waals surface area contributed by atoms with Crippen molar-refractivity contribution < 1.29 is 4.39 Å². The Balaban J connectivity index is 1.18. The second-order valence-electron chi connectivity index (χ2n) is 8.89. The van der Waals surface area contributed by atoms with Crippen LogP contribution in [-0.2, 0) is 19.3 Å². The van der Waals surface area contributed by atoms with Gasteiger partial charge in [0.1, 0.15) is 5.82 Å². The van der Waals surface area contributed by atoms with Gasteiger partial charge in [-0.15, -0.1) is 0 Å². The van der Waals surface area contributed by atoms with E-state index in [1.54, 1.807) is 12.1 Å². The van der Waals surface area contributed by atoms with Crippen LogP contribution in [0.3, 0.4) is 0 Å². The second kappa shape index (κ2) is 9.19. The summed E-state index contributed by atoms with van der Waals surface area (Å²) in [5, 5.41) is 0. The molecule has 1 fully saturated rings.